The summed E-state index contributed by atoms with van der Waals surface area (Å²) >= 11 is 0. The fourth-order valence-electron chi connectivity index (χ4n) is 3.11. The summed E-state index contributed by atoms with van der Waals surface area (Å²) in [5, 5.41) is 32.8. The largest absolute Gasteiger partial charge is 0.480 e. The Balaban J connectivity index is 1.83. The van der Waals surface area contributed by atoms with Crippen LogP contribution >= 0.6 is 7.75 Å². The molecule has 0 saturated carbocycles. The van der Waals surface area contributed by atoms with Crippen LogP contribution in [0.15, 0.2) is 52.2 Å². The van der Waals surface area contributed by atoms with E-state index >= 15 is 0 Å². The molecule has 0 radical (unpaired) electrons. The molecule has 1 aromatic heterocycles. The van der Waals surface area contributed by atoms with Crippen molar-refractivity contribution in [3.8, 4) is 5.75 Å². The zero-order valence-corrected chi connectivity index (χ0v) is 18.5. The van der Waals surface area contributed by atoms with E-state index in [9.17, 15) is 29.2 Å². The van der Waals surface area contributed by atoms with Gasteiger partial charge in [-0.05, 0) is 26.0 Å². The minimum Gasteiger partial charge on any atom is -0.480 e. The zero-order valence-electron chi connectivity index (χ0n) is 18.6. The molecule has 1 aliphatic rings. The van der Waals surface area contributed by atoms with Crippen LogP contribution in [0.25, 0.3) is 0 Å². The number of ether oxygens (including phenoxy) is 1. The molecule has 6 atom stereocenters. The molecule has 0 amide bonds. The highest BCUT2D eigenvalue weighted by atomic mass is 31.2. The number of nitrogens with zero attached hydrogens (tertiary/aromatic N) is 1. The van der Waals surface area contributed by atoms with Crippen molar-refractivity contribution in [1.82, 2.24) is 14.6 Å². The van der Waals surface area contributed by atoms with Crippen molar-refractivity contribution >= 4 is 13.7 Å². The number of aromatic amines is 1. The number of hydrogen-bond donors (Lipinski definition) is 5. The highest BCUT2D eigenvalue weighted by Gasteiger charge is 2.54. The molecule has 0 spiro atoms. The van der Waals surface area contributed by atoms with Crippen LogP contribution in [0.3, 0.4) is 0 Å². The third-order valence-corrected chi connectivity index (χ3v) is 6.54. The Kier molecular flexibility index (Phi) is 6.79. The molecule has 2 aromatic rings. The van der Waals surface area contributed by atoms with Crippen LogP contribution in [0.5, 0.6) is 5.75 Å². The van der Waals surface area contributed by atoms with E-state index in [2.05, 4.69) is 5.09 Å². The second-order valence-corrected chi connectivity index (χ2v) is 9.22. The van der Waals surface area contributed by atoms with Gasteiger partial charge >= 0.3 is 19.4 Å². The molecule has 0 aliphatic carbocycles. The monoisotopic (exact) mass is 486 g/mol. The summed E-state index contributed by atoms with van der Waals surface area (Å²) in [5.74, 6) is -1.22. The molecule has 33 heavy (non-hydrogen) atoms. The predicted molar refractivity (Wildman–Crippen MR) is 113 cm³/mol. The van der Waals surface area contributed by atoms with Gasteiger partial charge in [-0.3, -0.25) is 23.7 Å². The van der Waals surface area contributed by atoms with Crippen LogP contribution in [0.1, 0.15) is 21.4 Å². The number of para-hydroxylation sites is 1. The molecule has 180 valence electrons. The molecule has 2 heterocycles. The second-order valence-electron chi connectivity index (χ2n) is 7.52. The molecule has 1 aromatic carbocycles. The molecule has 3 rings (SSSR count). The highest BCUT2D eigenvalue weighted by molar-refractivity contribution is 7.52. The summed E-state index contributed by atoms with van der Waals surface area (Å²) in [6, 6.07) is 5.87. The first kappa shape index (κ1) is 23.4. The normalized spacial score (nSPS) is 28.0. The van der Waals surface area contributed by atoms with Gasteiger partial charge in [-0.25, -0.2) is 9.36 Å². The minimum absolute atomic E-state index is 0.108. The topological polar surface area (TPSA) is 189 Å². The third-order valence-electron chi connectivity index (χ3n) is 4.90. The average Bonchev–Trinajstić information content (AvgIpc) is 2.98. The van der Waals surface area contributed by atoms with Gasteiger partial charge in [0.05, 0.1) is 7.98 Å². The molecule has 5 N–H and O–H groups in total. The number of aliphatic hydroxyl groups excluding tert-OH is 1. The molecule has 0 bridgehead atoms. The molecule has 1 aliphatic heterocycles. The molecule has 14 heteroatoms. The Hall–Kier alpha value is -2.80. The Bertz CT molecular complexity index is 1200. The van der Waals surface area contributed by atoms with Crippen molar-refractivity contribution in [2.24, 2.45) is 0 Å². The Morgan fingerprint density at radius 2 is 2.09 bits per heavy atom. The fraction of sp³-hybridized carbons (Fsp3) is 0.421. The second kappa shape index (κ2) is 9.59. The Morgan fingerprint density at radius 1 is 1.42 bits per heavy atom. The number of benzene rings is 1. The van der Waals surface area contributed by atoms with Crippen LogP contribution in [-0.2, 0) is 18.6 Å². The summed E-state index contributed by atoms with van der Waals surface area (Å²) in [7, 11) is -4.34. The molecule has 1 saturated heterocycles. The highest BCUT2D eigenvalue weighted by Crippen LogP contribution is 2.46. The number of aliphatic carboxylic acids is 1. The van der Waals surface area contributed by atoms with Gasteiger partial charge in [0.15, 0.2) is 6.23 Å². The van der Waals surface area contributed by atoms with E-state index in [4.69, 9.17) is 20.3 Å². The van der Waals surface area contributed by atoms with Gasteiger partial charge in [0.2, 0.25) is 0 Å². The minimum atomic E-state index is -4.34. The molecular weight excluding hydrogens is 461 g/mol. The van der Waals surface area contributed by atoms with E-state index in [-0.39, 0.29) is 5.75 Å². The van der Waals surface area contributed by atoms with Crippen LogP contribution in [0.4, 0.5) is 0 Å². The SMILES string of the molecule is [2H]c1cn(C2O[C@H](COP(=O)(N[C@@H](C)C(=O)O)Oc3ccccc3)[C@@H](O)[C@@]2(C)O)c(=O)[nH]c1=O. The van der Waals surface area contributed by atoms with E-state index in [1.807, 2.05) is 4.98 Å². The lowest BCUT2D eigenvalue weighted by molar-refractivity contribution is -0.138. The van der Waals surface area contributed by atoms with Crippen molar-refractivity contribution in [2.45, 2.75) is 43.9 Å². The van der Waals surface area contributed by atoms with E-state index < -0.39 is 67.7 Å². The van der Waals surface area contributed by atoms with Crippen molar-refractivity contribution in [3.63, 3.8) is 0 Å². The van der Waals surface area contributed by atoms with E-state index in [0.717, 1.165) is 17.7 Å². The molecule has 13 nitrogen and oxygen atoms in total. The number of carboxylic acid groups (broad SMARTS) is 1. The summed E-state index contributed by atoms with van der Waals surface area (Å²) in [4.78, 5) is 36.8. The van der Waals surface area contributed by atoms with E-state index in [1.54, 1.807) is 18.2 Å². The lowest BCUT2D eigenvalue weighted by Crippen LogP contribution is -2.47. The summed E-state index contributed by atoms with van der Waals surface area (Å²) < 4.78 is 37.9. The smallest absolute Gasteiger partial charge is 0.459 e. The third kappa shape index (κ3) is 5.58. The number of H-pyrrole nitrogens is 1. The fourth-order valence-corrected chi connectivity index (χ4v) is 4.62. The van der Waals surface area contributed by atoms with Crippen molar-refractivity contribution in [3.05, 3.63) is 63.4 Å². The van der Waals surface area contributed by atoms with Crippen LogP contribution in [0, 0.1) is 0 Å². The quantitative estimate of drug-likeness (QED) is 0.295. The summed E-state index contributed by atoms with van der Waals surface area (Å²) in [6.45, 7) is 1.73. The first-order chi connectivity index (χ1) is 15.8. The zero-order chi connectivity index (χ0) is 25.3. The van der Waals surface area contributed by atoms with Crippen molar-refractivity contribution in [2.75, 3.05) is 6.61 Å². The van der Waals surface area contributed by atoms with Gasteiger partial charge in [-0.2, -0.15) is 5.09 Å². The number of carbonyl (C=O) groups is 1. The number of rotatable bonds is 9. The number of aromatic nitrogens is 2. The average molecular weight is 486 g/mol. The van der Waals surface area contributed by atoms with Gasteiger partial charge in [0, 0.05) is 12.2 Å². The summed E-state index contributed by atoms with van der Waals surface area (Å²) in [6.07, 6.45) is -3.73. The number of aliphatic hydroxyl groups is 2. The maximum absolute atomic E-state index is 13.3. The number of carboxylic acids is 1. The van der Waals surface area contributed by atoms with Gasteiger partial charge in [0.25, 0.3) is 5.56 Å². The first-order valence-electron chi connectivity index (χ1n) is 10.2. The van der Waals surface area contributed by atoms with Crippen molar-refractivity contribution < 1.29 is 39.8 Å². The number of hydrogen-bond acceptors (Lipinski definition) is 9. The van der Waals surface area contributed by atoms with Gasteiger partial charge in [0.1, 0.15) is 29.6 Å². The van der Waals surface area contributed by atoms with Crippen molar-refractivity contribution in [1.29, 1.82) is 0 Å². The van der Waals surface area contributed by atoms with Gasteiger partial charge in [-0.15, -0.1) is 0 Å². The maximum Gasteiger partial charge on any atom is 0.459 e. The predicted octanol–water partition coefficient (Wildman–Crippen LogP) is -0.188. The Morgan fingerprint density at radius 3 is 2.73 bits per heavy atom. The molecular formula is C19H24N3O10P. The van der Waals surface area contributed by atoms with Crippen LogP contribution < -0.4 is 20.9 Å². The lowest BCUT2D eigenvalue weighted by Gasteiger charge is -2.27. The maximum atomic E-state index is 13.3. The first-order valence-corrected chi connectivity index (χ1v) is 11.3. The standard InChI is InChI=1S/C19H24N3O10P/c1-11(16(25)26)21-33(29,32-12-6-4-3-5-7-12)30-10-13-15(24)19(2,28)17(31-13)22-9-8-14(23)20-18(22)27/h3-9,11,13,15,17,24,28H,10H2,1-2H3,(H,21,29)(H,25,26)(H,20,23,27)/t11-,13+,15+,17?,19+,33?/m0/s1/i8D. The lowest BCUT2D eigenvalue weighted by atomic mass is 9.96. The number of nitrogens with one attached hydrogen (secondary N) is 2. The van der Waals surface area contributed by atoms with Gasteiger partial charge in [-0.1, -0.05) is 18.2 Å². The van der Waals surface area contributed by atoms with Crippen LogP contribution in [0.2, 0.25) is 0 Å². The van der Waals surface area contributed by atoms with E-state index in [0.29, 0.717) is 0 Å². The van der Waals surface area contributed by atoms with E-state index in [1.165, 1.54) is 19.1 Å². The van der Waals surface area contributed by atoms with Gasteiger partial charge < -0.3 is 24.6 Å². The summed E-state index contributed by atoms with van der Waals surface area (Å²) in [5.41, 5.74) is -4.03. The molecule has 2 unspecified atom stereocenters. The molecule has 1 fully saturated rings. The van der Waals surface area contributed by atoms with Crippen LogP contribution in [-0.4, -0.2) is 61.3 Å². The Labute approximate surface area is 188 Å².